The van der Waals surface area contributed by atoms with Crippen molar-refractivity contribution in [1.82, 2.24) is 14.6 Å². The predicted molar refractivity (Wildman–Crippen MR) is 175 cm³/mol. The molecule has 1 aliphatic rings. The number of benzene rings is 3. The number of methoxy groups -OCH3 is 2. The zero-order valence-electron chi connectivity index (χ0n) is 26.9. The van der Waals surface area contributed by atoms with Crippen LogP contribution in [-0.2, 0) is 4.79 Å². The second kappa shape index (κ2) is 14.2. The minimum absolute atomic E-state index is 0.00988. The van der Waals surface area contributed by atoms with Gasteiger partial charge in [0.15, 0.2) is 17.5 Å². The Balaban J connectivity index is 1.66. The molecule has 254 valence electrons. The van der Waals surface area contributed by atoms with Gasteiger partial charge in [-0.25, -0.2) is 27.6 Å². The van der Waals surface area contributed by atoms with Crippen LogP contribution in [0, 0.1) is 17.5 Å². The van der Waals surface area contributed by atoms with E-state index in [4.69, 9.17) is 15.2 Å². The number of rotatable bonds is 9. The van der Waals surface area contributed by atoms with E-state index in [-0.39, 0.29) is 65.9 Å². The summed E-state index contributed by atoms with van der Waals surface area (Å²) in [4.78, 5) is 48.6. The smallest absolute Gasteiger partial charge is 0.327 e. The summed E-state index contributed by atoms with van der Waals surface area (Å²) in [5, 5.41) is 4.20. The van der Waals surface area contributed by atoms with Gasteiger partial charge in [0.2, 0.25) is 5.91 Å². The minimum Gasteiger partial charge on any atom is -0.497 e. The first kappa shape index (κ1) is 34.0. The zero-order chi connectivity index (χ0) is 34.7. The molecule has 0 saturated carbocycles. The molecular weight excluding hydrogens is 631 g/mol. The van der Waals surface area contributed by atoms with Gasteiger partial charge in [0.1, 0.15) is 17.3 Å². The van der Waals surface area contributed by atoms with Gasteiger partial charge in [-0.15, -0.1) is 0 Å². The van der Waals surface area contributed by atoms with Crippen molar-refractivity contribution in [2.24, 2.45) is 5.73 Å². The maximum absolute atomic E-state index is 14.5. The average Bonchev–Trinajstić information content (AvgIpc) is 3.09. The fraction of sp³-hybridized carbons (Fsp3) is 0.333. The Morgan fingerprint density at radius 3 is 2.27 bits per heavy atom. The van der Waals surface area contributed by atoms with Crippen LogP contribution in [-0.4, -0.2) is 72.9 Å². The third kappa shape index (κ3) is 6.72. The number of anilines is 2. The zero-order valence-corrected chi connectivity index (χ0v) is 26.9. The molecule has 0 aliphatic carbocycles. The number of halogens is 3. The number of nitrogens with zero attached hydrogens (tertiary/aromatic N) is 5. The van der Waals surface area contributed by atoms with Gasteiger partial charge in [-0.1, -0.05) is 6.92 Å². The first-order chi connectivity index (χ1) is 23.0. The number of carbonyl (C=O) groups excluding carboxylic acids is 2. The first-order valence-electron chi connectivity index (χ1n) is 15.3. The number of aromatic nitrogens is 2. The lowest BCUT2D eigenvalue weighted by molar-refractivity contribution is -0.133. The maximum atomic E-state index is 14.5. The van der Waals surface area contributed by atoms with Gasteiger partial charge in [-0.05, 0) is 55.8 Å². The fourth-order valence-electron chi connectivity index (χ4n) is 5.57. The van der Waals surface area contributed by atoms with Gasteiger partial charge in [0.25, 0.3) is 5.56 Å². The Hall–Kier alpha value is -5.31. The van der Waals surface area contributed by atoms with E-state index in [0.717, 1.165) is 12.1 Å². The number of ether oxygens (including phenoxy) is 2. The molecule has 2 heterocycles. The molecule has 1 aliphatic heterocycles. The van der Waals surface area contributed by atoms with E-state index in [1.807, 2.05) is 6.92 Å². The fourth-order valence-corrected chi connectivity index (χ4v) is 5.57. The molecule has 3 N–H and O–H groups in total. The van der Waals surface area contributed by atoms with Crippen molar-refractivity contribution in [2.75, 3.05) is 55.6 Å². The van der Waals surface area contributed by atoms with E-state index in [2.05, 4.69) is 10.3 Å². The molecule has 3 aromatic carbocycles. The number of hydrogen-bond acceptors (Lipinski definition) is 8. The Kier molecular flexibility index (Phi) is 10.1. The number of fused-ring (bicyclic) bond motifs is 1. The molecule has 4 aromatic rings. The topological polar surface area (TPSA) is 135 Å². The normalized spacial score (nSPS) is 14.4. The third-order valence-electron chi connectivity index (χ3n) is 8.24. The molecule has 1 fully saturated rings. The molecule has 15 heteroatoms. The van der Waals surface area contributed by atoms with Crippen LogP contribution in [0.2, 0.25) is 0 Å². The van der Waals surface area contributed by atoms with Gasteiger partial charge < -0.3 is 30.4 Å². The maximum Gasteiger partial charge on any atom is 0.327 e. The Bertz CT molecular complexity index is 1880. The van der Waals surface area contributed by atoms with E-state index < -0.39 is 41.1 Å². The first-order valence-corrected chi connectivity index (χ1v) is 15.3. The number of nitrogens with two attached hydrogens (primary N) is 1. The molecule has 0 radical (unpaired) electrons. The highest BCUT2D eigenvalue weighted by Crippen LogP contribution is 2.37. The van der Waals surface area contributed by atoms with Crippen molar-refractivity contribution in [3.63, 3.8) is 0 Å². The van der Waals surface area contributed by atoms with Gasteiger partial charge in [-0.3, -0.25) is 14.5 Å². The highest BCUT2D eigenvalue weighted by atomic mass is 19.2. The highest BCUT2D eigenvalue weighted by Gasteiger charge is 2.33. The molecule has 0 bridgehead atoms. The van der Waals surface area contributed by atoms with Crippen molar-refractivity contribution in [3.05, 3.63) is 88.2 Å². The summed E-state index contributed by atoms with van der Waals surface area (Å²) in [5.41, 5.74) is 5.67. The quantitative estimate of drug-likeness (QED) is 0.272. The molecule has 5 rings (SSSR count). The number of nitrogens with one attached hydrogen (secondary N) is 1. The van der Waals surface area contributed by atoms with Crippen molar-refractivity contribution in [3.8, 4) is 11.5 Å². The van der Waals surface area contributed by atoms with E-state index in [1.165, 1.54) is 48.1 Å². The highest BCUT2D eigenvalue weighted by molar-refractivity contribution is 6.03. The number of carbonyl (C=O) groups is 2. The van der Waals surface area contributed by atoms with Crippen LogP contribution in [0.3, 0.4) is 0 Å². The average molecular weight is 668 g/mol. The Morgan fingerprint density at radius 1 is 0.979 bits per heavy atom. The van der Waals surface area contributed by atoms with Crippen molar-refractivity contribution < 1.29 is 32.2 Å². The summed E-state index contributed by atoms with van der Waals surface area (Å²) in [6.45, 7) is 4.22. The number of piperazine rings is 1. The van der Waals surface area contributed by atoms with E-state index in [9.17, 15) is 27.6 Å². The van der Waals surface area contributed by atoms with Gasteiger partial charge in [0, 0.05) is 30.9 Å². The SMILES string of the molecule is CC[C@H](N)C(=O)N1CCN(n2c(C(C)N(C(=O)Nc3ccc(F)cc3)c3ccc(OC)cc3OC)nc3cc(F)c(F)cc3c2=O)CC1. The summed E-state index contributed by atoms with van der Waals surface area (Å²) in [7, 11) is 2.88. The minimum atomic E-state index is -1.22. The lowest BCUT2D eigenvalue weighted by atomic mass is 10.1. The number of amides is 3. The molecule has 1 saturated heterocycles. The molecule has 1 unspecified atom stereocenters. The van der Waals surface area contributed by atoms with Crippen LogP contribution >= 0.6 is 0 Å². The summed E-state index contributed by atoms with van der Waals surface area (Å²) in [5.74, 6) is -2.46. The van der Waals surface area contributed by atoms with Gasteiger partial charge in [-0.2, -0.15) is 0 Å². The van der Waals surface area contributed by atoms with Crippen LogP contribution < -0.4 is 36.0 Å². The van der Waals surface area contributed by atoms with Crippen molar-refractivity contribution in [1.29, 1.82) is 0 Å². The lowest BCUT2D eigenvalue weighted by Gasteiger charge is -2.39. The summed E-state index contributed by atoms with van der Waals surface area (Å²) in [6, 6.07) is 9.08. The molecule has 12 nitrogen and oxygen atoms in total. The monoisotopic (exact) mass is 667 g/mol. The van der Waals surface area contributed by atoms with Crippen molar-refractivity contribution in [2.45, 2.75) is 32.4 Å². The predicted octanol–water partition coefficient (Wildman–Crippen LogP) is 4.15. The summed E-state index contributed by atoms with van der Waals surface area (Å²) >= 11 is 0. The standard InChI is InChI=1S/C33H36F3N7O5/c1-5-26(37)32(45)40-12-14-41(15-13-40)43-30(39-27-18-25(36)24(35)17-23(27)31(43)44)19(2)42(28-11-10-22(47-3)16-29(28)48-4)33(46)38-21-8-6-20(34)7-9-21/h6-11,16-19,26H,5,12-15,37H2,1-4H3,(H,38,46)/t19?,26-/m0/s1. The molecular formula is C33H36F3N7O5. The molecule has 2 atom stereocenters. The van der Waals surface area contributed by atoms with E-state index in [0.29, 0.717) is 12.2 Å². The van der Waals surface area contributed by atoms with Crippen LogP contribution in [0.1, 0.15) is 32.1 Å². The van der Waals surface area contributed by atoms with Crippen LogP contribution in [0.25, 0.3) is 10.9 Å². The Labute approximate surface area is 274 Å². The van der Waals surface area contributed by atoms with Crippen LogP contribution in [0.4, 0.5) is 29.3 Å². The van der Waals surface area contributed by atoms with Gasteiger partial charge >= 0.3 is 6.03 Å². The summed E-state index contributed by atoms with van der Waals surface area (Å²) < 4.78 is 54.7. The van der Waals surface area contributed by atoms with Crippen LogP contribution in [0.5, 0.6) is 11.5 Å². The van der Waals surface area contributed by atoms with Crippen molar-refractivity contribution >= 4 is 34.2 Å². The van der Waals surface area contributed by atoms with Crippen LogP contribution in [0.15, 0.2) is 59.4 Å². The number of hydrogen-bond donors (Lipinski definition) is 2. The van der Waals surface area contributed by atoms with E-state index >= 15 is 0 Å². The second-order valence-electron chi connectivity index (χ2n) is 11.2. The molecule has 3 amide bonds. The largest absolute Gasteiger partial charge is 0.497 e. The number of urea groups is 1. The molecule has 0 spiro atoms. The summed E-state index contributed by atoms with van der Waals surface area (Å²) in [6.07, 6.45) is 0.460. The lowest BCUT2D eigenvalue weighted by Crippen LogP contribution is -2.58. The second-order valence-corrected chi connectivity index (χ2v) is 11.2. The molecule has 48 heavy (non-hydrogen) atoms. The third-order valence-corrected chi connectivity index (χ3v) is 8.24. The van der Waals surface area contributed by atoms with Gasteiger partial charge in [0.05, 0.1) is 56.0 Å². The molecule has 1 aromatic heterocycles. The Morgan fingerprint density at radius 2 is 1.65 bits per heavy atom. The van der Waals surface area contributed by atoms with E-state index in [1.54, 1.807) is 35.0 Å².